The fourth-order valence-electron chi connectivity index (χ4n) is 2.30. The number of anilines is 2. The smallest absolute Gasteiger partial charge is 0.262 e. The van der Waals surface area contributed by atoms with Crippen molar-refractivity contribution < 1.29 is 14.3 Å². The second kappa shape index (κ2) is 5.88. The second-order valence-electron chi connectivity index (χ2n) is 5.00. The molecule has 0 saturated heterocycles. The van der Waals surface area contributed by atoms with Crippen LogP contribution in [-0.4, -0.2) is 28.2 Å². The highest BCUT2D eigenvalue weighted by atomic mass is 16.5. The number of aryl methyl sites for hydroxylation is 1. The molecule has 7 heteroatoms. The van der Waals surface area contributed by atoms with Crippen LogP contribution in [0.4, 0.5) is 11.4 Å². The number of hydrogen-bond acceptors (Lipinski definition) is 4. The maximum absolute atomic E-state index is 12.3. The SMILES string of the molecule is CC(=O)Nc1cccc(NC(=O)c2cnn3c2OCCC3)c1. The molecule has 0 unspecified atom stereocenters. The Balaban J connectivity index is 1.77. The summed E-state index contributed by atoms with van der Waals surface area (Å²) in [6, 6.07) is 6.95. The van der Waals surface area contributed by atoms with E-state index in [4.69, 9.17) is 4.74 Å². The third-order valence-electron chi connectivity index (χ3n) is 3.23. The number of benzene rings is 1. The standard InChI is InChI=1S/C15H16N4O3/c1-10(20)17-11-4-2-5-12(8-11)18-14(21)13-9-16-19-6-3-7-22-15(13)19/h2,4-5,8-9H,3,6-7H2,1H3,(H,17,20)(H,18,21). The molecule has 2 N–H and O–H groups in total. The Morgan fingerprint density at radius 2 is 2.05 bits per heavy atom. The Hall–Kier alpha value is -2.83. The van der Waals surface area contributed by atoms with Gasteiger partial charge >= 0.3 is 0 Å². The van der Waals surface area contributed by atoms with Gasteiger partial charge in [0.2, 0.25) is 11.8 Å². The zero-order valence-corrected chi connectivity index (χ0v) is 12.1. The summed E-state index contributed by atoms with van der Waals surface area (Å²) in [7, 11) is 0. The van der Waals surface area contributed by atoms with Crippen LogP contribution in [0.25, 0.3) is 0 Å². The van der Waals surface area contributed by atoms with Crippen molar-refractivity contribution in [2.45, 2.75) is 19.9 Å². The molecular formula is C15H16N4O3. The minimum absolute atomic E-state index is 0.164. The number of nitrogens with one attached hydrogen (secondary N) is 2. The number of ether oxygens (including phenoxy) is 1. The predicted molar refractivity (Wildman–Crippen MR) is 81.0 cm³/mol. The summed E-state index contributed by atoms with van der Waals surface area (Å²) in [6.07, 6.45) is 2.39. The summed E-state index contributed by atoms with van der Waals surface area (Å²) in [6.45, 7) is 2.77. The zero-order valence-electron chi connectivity index (χ0n) is 12.1. The van der Waals surface area contributed by atoms with Crippen molar-refractivity contribution in [1.29, 1.82) is 0 Å². The Kier molecular flexibility index (Phi) is 3.78. The summed E-state index contributed by atoms with van der Waals surface area (Å²) in [4.78, 5) is 23.4. The molecule has 0 atom stereocenters. The lowest BCUT2D eigenvalue weighted by atomic mass is 10.2. The van der Waals surface area contributed by atoms with Crippen molar-refractivity contribution in [2.75, 3.05) is 17.2 Å². The van der Waals surface area contributed by atoms with E-state index in [1.54, 1.807) is 28.9 Å². The highest BCUT2D eigenvalue weighted by Crippen LogP contribution is 2.24. The first-order valence-electron chi connectivity index (χ1n) is 7.01. The van der Waals surface area contributed by atoms with Gasteiger partial charge in [0, 0.05) is 31.3 Å². The van der Waals surface area contributed by atoms with Gasteiger partial charge in [-0.05, 0) is 18.2 Å². The molecule has 22 heavy (non-hydrogen) atoms. The van der Waals surface area contributed by atoms with Gasteiger partial charge in [-0.1, -0.05) is 6.07 Å². The largest absolute Gasteiger partial charge is 0.477 e. The van der Waals surface area contributed by atoms with E-state index in [1.807, 2.05) is 0 Å². The summed E-state index contributed by atoms with van der Waals surface area (Å²) >= 11 is 0. The van der Waals surface area contributed by atoms with Crippen LogP contribution in [-0.2, 0) is 11.3 Å². The van der Waals surface area contributed by atoms with Crippen LogP contribution in [0, 0.1) is 0 Å². The molecule has 0 aliphatic carbocycles. The molecule has 7 nitrogen and oxygen atoms in total. The van der Waals surface area contributed by atoms with E-state index in [9.17, 15) is 9.59 Å². The van der Waals surface area contributed by atoms with E-state index in [0.29, 0.717) is 29.4 Å². The molecule has 0 saturated carbocycles. The Morgan fingerprint density at radius 3 is 2.82 bits per heavy atom. The lowest BCUT2D eigenvalue weighted by Crippen LogP contribution is -2.18. The normalized spacial score (nSPS) is 13.0. The maximum atomic E-state index is 12.3. The number of aromatic nitrogens is 2. The zero-order chi connectivity index (χ0) is 15.5. The molecular weight excluding hydrogens is 284 g/mol. The van der Waals surface area contributed by atoms with Crippen LogP contribution in [0.3, 0.4) is 0 Å². The number of fused-ring (bicyclic) bond motifs is 1. The van der Waals surface area contributed by atoms with E-state index >= 15 is 0 Å². The summed E-state index contributed by atoms with van der Waals surface area (Å²) in [5, 5.41) is 9.61. The number of amides is 2. The number of carbonyl (C=O) groups is 2. The monoisotopic (exact) mass is 300 g/mol. The molecule has 2 amide bonds. The van der Waals surface area contributed by atoms with Gasteiger partial charge < -0.3 is 15.4 Å². The quantitative estimate of drug-likeness (QED) is 0.906. The molecule has 0 radical (unpaired) electrons. The van der Waals surface area contributed by atoms with Gasteiger partial charge in [-0.3, -0.25) is 9.59 Å². The van der Waals surface area contributed by atoms with Crippen LogP contribution in [0.5, 0.6) is 5.88 Å². The van der Waals surface area contributed by atoms with Crippen molar-refractivity contribution in [3.05, 3.63) is 36.0 Å². The van der Waals surface area contributed by atoms with Gasteiger partial charge in [-0.25, -0.2) is 4.68 Å². The van der Waals surface area contributed by atoms with E-state index in [-0.39, 0.29) is 11.8 Å². The van der Waals surface area contributed by atoms with Crippen molar-refractivity contribution in [3.8, 4) is 5.88 Å². The summed E-state index contributed by atoms with van der Waals surface area (Å²) in [5.74, 6) is 0.0486. The van der Waals surface area contributed by atoms with E-state index in [1.165, 1.54) is 13.1 Å². The van der Waals surface area contributed by atoms with Gasteiger partial charge in [-0.15, -0.1) is 0 Å². The average Bonchev–Trinajstić information content (AvgIpc) is 2.91. The summed E-state index contributed by atoms with van der Waals surface area (Å²) < 4.78 is 7.20. The molecule has 3 rings (SSSR count). The van der Waals surface area contributed by atoms with Crippen LogP contribution >= 0.6 is 0 Å². The molecule has 1 aliphatic rings. The topological polar surface area (TPSA) is 85.3 Å². The van der Waals surface area contributed by atoms with Crippen molar-refractivity contribution in [1.82, 2.24) is 9.78 Å². The molecule has 1 aromatic carbocycles. The van der Waals surface area contributed by atoms with Crippen LogP contribution in [0.1, 0.15) is 23.7 Å². The third-order valence-corrected chi connectivity index (χ3v) is 3.23. The van der Waals surface area contributed by atoms with E-state index < -0.39 is 0 Å². The van der Waals surface area contributed by atoms with Gasteiger partial charge in [0.15, 0.2) is 0 Å². The number of rotatable bonds is 3. The van der Waals surface area contributed by atoms with Crippen molar-refractivity contribution >= 4 is 23.2 Å². The Morgan fingerprint density at radius 1 is 1.27 bits per heavy atom. The first-order valence-corrected chi connectivity index (χ1v) is 7.01. The van der Waals surface area contributed by atoms with Gasteiger partial charge in [0.25, 0.3) is 5.91 Å². The van der Waals surface area contributed by atoms with E-state index in [0.717, 1.165) is 13.0 Å². The van der Waals surface area contributed by atoms with Crippen LogP contribution < -0.4 is 15.4 Å². The Bertz CT molecular complexity index is 723. The lowest BCUT2D eigenvalue weighted by Gasteiger charge is -2.16. The van der Waals surface area contributed by atoms with Crippen molar-refractivity contribution in [3.63, 3.8) is 0 Å². The molecule has 0 fully saturated rings. The molecule has 0 bridgehead atoms. The predicted octanol–water partition coefficient (Wildman–Crippen LogP) is 1.88. The third kappa shape index (κ3) is 2.93. The molecule has 114 valence electrons. The van der Waals surface area contributed by atoms with Crippen LogP contribution in [0.15, 0.2) is 30.5 Å². The second-order valence-corrected chi connectivity index (χ2v) is 5.00. The summed E-state index contributed by atoms with van der Waals surface area (Å²) in [5.41, 5.74) is 1.62. The number of nitrogens with zero attached hydrogens (tertiary/aromatic N) is 2. The van der Waals surface area contributed by atoms with Crippen molar-refractivity contribution in [2.24, 2.45) is 0 Å². The maximum Gasteiger partial charge on any atom is 0.262 e. The highest BCUT2D eigenvalue weighted by Gasteiger charge is 2.21. The minimum atomic E-state index is -0.289. The fourth-order valence-corrected chi connectivity index (χ4v) is 2.30. The van der Waals surface area contributed by atoms with Crippen LogP contribution in [0.2, 0.25) is 0 Å². The van der Waals surface area contributed by atoms with Gasteiger partial charge in [0.05, 0.1) is 12.8 Å². The number of hydrogen-bond donors (Lipinski definition) is 2. The van der Waals surface area contributed by atoms with Gasteiger partial charge in [0.1, 0.15) is 5.56 Å². The van der Waals surface area contributed by atoms with E-state index in [2.05, 4.69) is 15.7 Å². The minimum Gasteiger partial charge on any atom is -0.477 e. The lowest BCUT2D eigenvalue weighted by molar-refractivity contribution is -0.114. The molecule has 0 spiro atoms. The molecule has 2 aromatic rings. The number of carbonyl (C=O) groups excluding carboxylic acids is 2. The first kappa shape index (κ1) is 14.1. The molecule has 2 heterocycles. The van der Waals surface area contributed by atoms with Gasteiger partial charge in [-0.2, -0.15) is 5.10 Å². The highest BCUT2D eigenvalue weighted by molar-refractivity contribution is 6.06. The Labute approximate surface area is 127 Å². The molecule has 1 aromatic heterocycles. The first-order chi connectivity index (χ1) is 10.6. The fraction of sp³-hybridized carbons (Fsp3) is 0.267. The average molecular weight is 300 g/mol. The molecule has 1 aliphatic heterocycles.